The number of hydrogen-bond donors (Lipinski definition) is 0. The second-order valence-electron chi connectivity index (χ2n) is 4.20. The standard InChI is InChI=1S/C12H16N4/c1-2-10-4-3-7-16(9-10)12-11(8-13)14-5-6-15-12/h5-6,10H,2-4,7,9H2,1H3. The molecule has 0 amide bonds. The van der Waals surface area contributed by atoms with E-state index in [2.05, 4.69) is 27.9 Å². The summed E-state index contributed by atoms with van der Waals surface area (Å²) in [6, 6.07) is 2.11. The first-order chi connectivity index (χ1) is 7.85. The van der Waals surface area contributed by atoms with Gasteiger partial charge in [-0.25, -0.2) is 9.97 Å². The molecule has 84 valence electrons. The molecule has 4 nitrogen and oxygen atoms in total. The van der Waals surface area contributed by atoms with Crippen molar-refractivity contribution in [2.24, 2.45) is 5.92 Å². The Kier molecular flexibility index (Phi) is 3.35. The van der Waals surface area contributed by atoms with Crippen LogP contribution in [-0.2, 0) is 0 Å². The van der Waals surface area contributed by atoms with Gasteiger partial charge in [-0.15, -0.1) is 0 Å². The van der Waals surface area contributed by atoms with Crippen molar-refractivity contribution < 1.29 is 0 Å². The smallest absolute Gasteiger partial charge is 0.183 e. The summed E-state index contributed by atoms with van der Waals surface area (Å²) < 4.78 is 0. The lowest BCUT2D eigenvalue weighted by atomic mass is 9.95. The van der Waals surface area contributed by atoms with Gasteiger partial charge in [0.1, 0.15) is 6.07 Å². The van der Waals surface area contributed by atoms with Crippen LogP contribution in [0.15, 0.2) is 12.4 Å². The van der Waals surface area contributed by atoms with E-state index < -0.39 is 0 Å². The number of nitriles is 1. The summed E-state index contributed by atoms with van der Waals surface area (Å²) in [5.41, 5.74) is 0.444. The second kappa shape index (κ2) is 4.93. The second-order valence-corrected chi connectivity index (χ2v) is 4.20. The van der Waals surface area contributed by atoms with E-state index in [0.29, 0.717) is 5.69 Å². The summed E-state index contributed by atoms with van der Waals surface area (Å²) in [6.45, 7) is 4.21. The third-order valence-electron chi connectivity index (χ3n) is 3.18. The molecule has 2 rings (SSSR count). The van der Waals surface area contributed by atoms with Gasteiger partial charge in [-0.05, 0) is 18.8 Å². The Hall–Kier alpha value is -1.63. The maximum atomic E-state index is 8.99. The average Bonchev–Trinajstić information content (AvgIpc) is 2.38. The van der Waals surface area contributed by atoms with E-state index in [9.17, 15) is 0 Å². The number of anilines is 1. The molecule has 1 aromatic heterocycles. The van der Waals surface area contributed by atoms with E-state index in [1.807, 2.05) is 0 Å². The first-order valence-corrected chi connectivity index (χ1v) is 5.81. The van der Waals surface area contributed by atoms with E-state index >= 15 is 0 Å². The zero-order valence-corrected chi connectivity index (χ0v) is 9.56. The normalized spacial score (nSPS) is 20.5. The largest absolute Gasteiger partial charge is 0.354 e. The zero-order chi connectivity index (χ0) is 11.4. The van der Waals surface area contributed by atoms with Gasteiger partial charge in [0.15, 0.2) is 11.5 Å². The van der Waals surface area contributed by atoms with Gasteiger partial charge >= 0.3 is 0 Å². The highest BCUT2D eigenvalue weighted by atomic mass is 15.2. The Bertz CT molecular complexity index is 396. The quantitative estimate of drug-likeness (QED) is 0.758. The Morgan fingerprint density at radius 3 is 3.06 bits per heavy atom. The molecule has 2 heterocycles. The molecule has 1 fully saturated rings. The minimum Gasteiger partial charge on any atom is -0.354 e. The van der Waals surface area contributed by atoms with Crippen molar-refractivity contribution in [2.75, 3.05) is 18.0 Å². The first-order valence-electron chi connectivity index (χ1n) is 5.81. The van der Waals surface area contributed by atoms with E-state index in [1.54, 1.807) is 12.4 Å². The van der Waals surface area contributed by atoms with E-state index in [-0.39, 0.29) is 0 Å². The summed E-state index contributed by atoms with van der Waals surface area (Å²) in [5, 5.41) is 8.99. The highest BCUT2D eigenvalue weighted by Crippen LogP contribution is 2.24. The molecule has 0 saturated carbocycles. The van der Waals surface area contributed by atoms with E-state index in [4.69, 9.17) is 5.26 Å². The third kappa shape index (κ3) is 2.13. The molecule has 1 unspecified atom stereocenters. The van der Waals surface area contributed by atoms with Gasteiger partial charge in [0.05, 0.1) is 0 Å². The van der Waals surface area contributed by atoms with Crippen LogP contribution in [0.1, 0.15) is 31.9 Å². The highest BCUT2D eigenvalue weighted by molar-refractivity contribution is 5.49. The van der Waals surface area contributed by atoms with Crippen molar-refractivity contribution in [3.8, 4) is 6.07 Å². The molecule has 0 spiro atoms. The summed E-state index contributed by atoms with van der Waals surface area (Å²) in [5.74, 6) is 1.48. The molecule has 4 heteroatoms. The van der Waals surface area contributed by atoms with E-state index in [0.717, 1.165) is 24.8 Å². The van der Waals surface area contributed by atoms with Gasteiger partial charge in [-0.3, -0.25) is 0 Å². The predicted molar refractivity (Wildman–Crippen MR) is 62.0 cm³/mol. The lowest BCUT2D eigenvalue weighted by Crippen LogP contribution is -2.36. The van der Waals surface area contributed by atoms with Crippen LogP contribution in [0.5, 0.6) is 0 Å². The van der Waals surface area contributed by atoms with Crippen LogP contribution in [0.25, 0.3) is 0 Å². The highest BCUT2D eigenvalue weighted by Gasteiger charge is 2.21. The summed E-state index contributed by atoms with van der Waals surface area (Å²) in [6.07, 6.45) is 6.89. The number of rotatable bonds is 2. The van der Waals surface area contributed by atoms with Crippen molar-refractivity contribution in [1.29, 1.82) is 5.26 Å². The average molecular weight is 216 g/mol. The SMILES string of the molecule is CCC1CCCN(c2nccnc2C#N)C1. The van der Waals surface area contributed by atoms with Crippen LogP contribution in [0, 0.1) is 17.2 Å². The minimum atomic E-state index is 0.444. The molecule has 0 radical (unpaired) electrons. The Labute approximate surface area is 95.9 Å². The van der Waals surface area contributed by atoms with Crippen molar-refractivity contribution >= 4 is 5.82 Å². The molecular weight excluding hydrogens is 200 g/mol. The van der Waals surface area contributed by atoms with Crippen molar-refractivity contribution in [3.63, 3.8) is 0 Å². The Morgan fingerprint density at radius 2 is 2.31 bits per heavy atom. The summed E-state index contributed by atoms with van der Waals surface area (Å²) in [7, 11) is 0. The van der Waals surface area contributed by atoms with Crippen LogP contribution in [0.4, 0.5) is 5.82 Å². The minimum absolute atomic E-state index is 0.444. The molecule has 0 N–H and O–H groups in total. The van der Waals surface area contributed by atoms with Crippen molar-refractivity contribution in [3.05, 3.63) is 18.1 Å². The molecular formula is C12H16N4. The predicted octanol–water partition coefficient (Wildman–Crippen LogP) is 1.97. The lowest BCUT2D eigenvalue weighted by Gasteiger charge is -2.33. The summed E-state index contributed by atoms with van der Waals surface area (Å²) >= 11 is 0. The van der Waals surface area contributed by atoms with Crippen molar-refractivity contribution in [1.82, 2.24) is 9.97 Å². The zero-order valence-electron chi connectivity index (χ0n) is 9.56. The van der Waals surface area contributed by atoms with Crippen LogP contribution < -0.4 is 4.90 Å². The van der Waals surface area contributed by atoms with Gasteiger partial charge in [-0.1, -0.05) is 13.3 Å². The Morgan fingerprint density at radius 1 is 1.50 bits per heavy atom. The number of aromatic nitrogens is 2. The number of nitrogens with zero attached hydrogens (tertiary/aromatic N) is 4. The van der Waals surface area contributed by atoms with Gasteiger partial charge in [0, 0.05) is 25.5 Å². The van der Waals surface area contributed by atoms with E-state index in [1.165, 1.54) is 19.3 Å². The molecule has 1 aliphatic rings. The number of hydrogen-bond acceptors (Lipinski definition) is 4. The van der Waals surface area contributed by atoms with Crippen molar-refractivity contribution in [2.45, 2.75) is 26.2 Å². The number of piperidine rings is 1. The van der Waals surface area contributed by atoms with Gasteiger partial charge in [0.2, 0.25) is 0 Å². The molecule has 1 saturated heterocycles. The fourth-order valence-electron chi connectivity index (χ4n) is 2.23. The first kappa shape index (κ1) is 10.9. The molecule has 0 bridgehead atoms. The Balaban J connectivity index is 2.20. The fourth-order valence-corrected chi connectivity index (χ4v) is 2.23. The molecule has 1 atom stereocenters. The monoisotopic (exact) mass is 216 g/mol. The van der Waals surface area contributed by atoms with Gasteiger partial charge < -0.3 is 4.90 Å². The molecule has 16 heavy (non-hydrogen) atoms. The molecule has 1 aromatic rings. The molecule has 1 aliphatic heterocycles. The third-order valence-corrected chi connectivity index (χ3v) is 3.18. The lowest BCUT2D eigenvalue weighted by molar-refractivity contribution is 0.402. The van der Waals surface area contributed by atoms with Crippen LogP contribution >= 0.6 is 0 Å². The summed E-state index contributed by atoms with van der Waals surface area (Å²) in [4.78, 5) is 10.5. The van der Waals surface area contributed by atoms with Crippen LogP contribution in [0.3, 0.4) is 0 Å². The molecule has 0 aliphatic carbocycles. The molecule has 0 aromatic carbocycles. The van der Waals surface area contributed by atoms with Gasteiger partial charge in [-0.2, -0.15) is 5.26 Å². The maximum absolute atomic E-state index is 8.99. The topological polar surface area (TPSA) is 52.8 Å². The maximum Gasteiger partial charge on any atom is 0.183 e. The fraction of sp³-hybridized carbons (Fsp3) is 0.583. The van der Waals surface area contributed by atoms with Gasteiger partial charge in [0.25, 0.3) is 0 Å². The van der Waals surface area contributed by atoms with Crippen LogP contribution in [0.2, 0.25) is 0 Å². The van der Waals surface area contributed by atoms with Crippen LogP contribution in [-0.4, -0.2) is 23.1 Å².